The molecular formula is C21H24F2N2O5. The molecule has 0 spiro atoms. The number of aromatic nitrogens is 1. The summed E-state index contributed by atoms with van der Waals surface area (Å²) in [4.78, 5) is 17.0. The second kappa shape index (κ2) is 8.63. The third-order valence-electron chi connectivity index (χ3n) is 5.03. The minimum absolute atomic E-state index is 0.247. The Labute approximate surface area is 172 Å². The zero-order valence-corrected chi connectivity index (χ0v) is 16.9. The second-order valence-corrected chi connectivity index (χ2v) is 7.75. The highest BCUT2D eigenvalue weighted by atomic mass is 19.2. The monoisotopic (exact) mass is 422 g/mol. The number of carbonyl (C=O) groups excluding carboxylic acids is 1. The Morgan fingerprint density at radius 2 is 2.10 bits per heavy atom. The third kappa shape index (κ3) is 4.43. The number of carbonyl (C=O) groups is 1. The Morgan fingerprint density at radius 1 is 1.37 bits per heavy atom. The Morgan fingerprint density at radius 3 is 2.70 bits per heavy atom. The third-order valence-corrected chi connectivity index (χ3v) is 5.03. The lowest BCUT2D eigenvalue weighted by molar-refractivity contribution is -0.130. The predicted molar refractivity (Wildman–Crippen MR) is 104 cm³/mol. The van der Waals surface area contributed by atoms with Crippen molar-refractivity contribution in [2.75, 3.05) is 19.0 Å². The number of aliphatic hydroxyl groups is 2. The molecule has 30 heavy (non-hydrogen) atoms. The van der Waals surface area contributed by atoms with Crippen molar-refractivity contribution < 1.29 is 33.3 Å². The van der Waals surface area contributed by atoms with Gasteiger partial charge in [0.05, 0.1) is 36.9 Å². The van der Waals surface area contributed by atoms with Crippen molar-refractivity contribution >= 4 is 11.6 Å². The molecule has 2 heterocycles. The van der Waals surface area contributed by atoms with Gasteiger partial charge in [0.25, 0.3) is 5.91 Å². The Hall–Kier alpha value is -2.62. The molecule has 9 heteroatoms. The molecule has 0 saturated carbocycles. The topological polar surface area (TPSA) is 101 Å². The zero-order chi connectivity index (χ0) is 22.1. The van der Waals surface area contributed by atoms with Gasteiger partial charge in [-0.3, -0.25) is 9.78 Å². The van der Waals surface area contributed by atoms with Crippen LogP contribution in [0.15, 0.2) is 30.5 Å². The number of hydrogen-bond acceptors (Lipinski definition) is 6. The largest absolute Gasteiger partial charge is 0.493 e. The van der Waals surface area contributed by atoms with E-state index in [1.54, 1.807) is 0 Å². The number of nitrogens with zero attached hydrogens (tertiary/aromatic N) is 1. The van der Waals surface area contributed by atoms with Crippen LogP contribution in [-0.4, -0.2) is 46.5 Å². The van der Waals surface area contributed by atoms with Gasteiger partial charge in [-0.25, -0.2) is 4.39 Å². The number of nitrogens with one attached hydrogen (secondary N) is 1. The van der Waals surface area contributed by atoms with Crippen LogP contribution < -0.4 is 10.1 Å². The highest BCUT2D eigenvalue weighted by molar-refractivity contribution is 5.95. The molecule has 7 nitrogen and oxygen atoms in total. The van der Waals surface area contributed by atoms with E-state index in [-0.39, 0.29) is 11.4 Å². The molecule has 0 radical (unpaired) electrons. The average Bonchev–Trinajstić information content (AvgIpc) is 3.05. The normalized spacial score (nSPS) is 21.3. The lowest BCUT2D eigenvalue weighted by Gasteiger charge is -2.21. The molecule has 1 aromatic carbocycles. The summed E-state index contributed by atoms with van der Waals surface area (Å²) in [5.74, 6) is -3.43. The van der Waals surface area contributed by atoms with Crippen molar-refractivity contribution in [3.05, 3.63) is 53.4 Å². The highest BCUT2D eigenvalue weighted by Crippen LogP contribution is 2.45. The molecule has 3 rings (SSSR count). The van der Waals surface area contributed by atoms with Gasteiger partial charge in [-0.05, 0) is 38.5 Å². The maximum absolute atomic E-state index is 14.2. The van der Waals surface area contributed by atoms with Crippen LogP contribution in [0.3, 0.4) is 0 Å². The molecule has 3 N–H and O–H groups in total. The van der Waals surface area contributed by atoms with Crippen LogP contribution in [0, 0.1) is 11.6 Å². The molecular weight excluding hydrogens is 398 g/mol. The summed E-state index contributed by atoms with van der Waals surface area (Å²) in [6.07, 6.45) is -0.341. The number of rotatable bonds is 6. The van der Waals surface area contributed by atoms with Crippen LogP contribution in [0.5, 0.6) is 5.75 Å². The quantitative estimate of drug-likeness (QED) is 0.662. The summed E-state index contributed by atoms with van der Waals surface area (Å²) in [6.45, 7) is 3.15. The van der Waals surface area contributed by atoms with Crippen LogP contribution in [0.4, 0.5) is 14.5 Å². The van der Waals surface area contributed by atoms with Gasteiger partial charge in [-0.15, -0.1) is 0 Å². The van der Waals surface area contributed by atoms with Crippen molar-refractivity contribution in [2.24, 2.45) is 0 Å². The predicted octanol–water partition coefficient (Wildman–Crippen LogP) is 2.68. The fourth-order valence-corrected chi connectivity index (χ4v) is 3.65. The van der Waals surface area contributed by atoms with E-state index < -0.39 is 47.9 Å². The van der Waals surface area contributed by atoms with E-state index in [9.17, 15) is 18.7 Å². The number of pyridine rings is 1. The van der Waals surface area contributed by atoms with Gasteiger partial charge >= 0.3 is 0 Å². The van der Waals surface area contributed by atoms with E-state index in [4.69, 9.17) is 14.6 Å². The zero-order valence-electron chi connectivity index (χ0n) is 16.9. The molecule has 2 aromatic rings. The van der Waals surface area contributed by atoms with Gasteiger partial charge in [-0.2, -0.15) is 4.39 Å². The molecule has 1 aromatic heterocycles. The van der Waals surface area contributed by atoms with Crippen LogP contribution >= 0.6 is 0 Å². The van der Waals surface area contributed by atoms with Gasteiger partial charge in [-0.1, -0.05) is 6.07 Å². The molecule has 1 fully saturated rings. The minimum Gasteiger partial charge on any atom is -0.493 e. The van der Waals surface area contributed by atoms with Gasteiger partial charge < -0.3 is 25.0 Å². The van der Waals surface area contributed by atoms with E-state index >= 15 is 0 Å². The number of aliphatic hydroxyl groups excluding tert-OH is 2. The van der Waals surface area contributed by atoms with Gasteiger partial charge in [0.15, 0.2) is 11.6 Å². The van der Waals surface area contributed by atoms with Crippen LogP contribution in [0.25, 0.3) is 0 Å². The molecule has 162 valence electrons. The minimum atomic E-state index is -1.11. The lowest BCUT2D eigenvalue weighted by atomic mass is 9.86. The standard InChI is InChI=1S/C21H24F2N2O5/c1-21(2)8-13(12-5-6-14(22)17(23)18(12)29-3)19(30-21)20(28)25-11-4-7-15(24-9-11)16(27)10-26/h4-7,9,13,16,19,26-27H,8,10H2,1-3H3,(H,25,28)/t13-,16-,19+/m0/s1. The van der Waals surface area contributed by atoms with Gasteiger partial charge in [0.1, 0.15) is 12.2 Å². The number of ether oxygens (including phenoxy) is 2. The first-order valence-corrected chi connectivity index (χ1v) is 9.42. The van der Waals surface area contributed by atoms with Crippen LogP contribution in [0.2, 0.25) is 0 Å². The van der Waals surface area contributed by atoms with Crippen molar-refractivity contribution in [2.45, 2.75) is 44.0 Å². The first kappa shape index (κ1) is 22.1. The summed E-state index contributed by atoms with van der Waals surface area (Å²) in [6, 6.07) is 5.42. The Balaban J connectivity index is 1.86. The van der Waals surface area contributed by atoms with Gasteiger partial charge in [0, 0.05) is 11.5 Å². The fourth-order valence-electron chi connectivity index (χ4n) is 3.65. The Kier molecular flexibility index (Phi) is 6.35. The number of halogens is 2. The maximum Gasteiger partial charge on any atom is 0.254 e. The molecule has 0 unspecified atom stereocenters. The SMILES string of the molecule is COc1c([C@@H]2CC(C)(C)O[C@H]2C(=O)Nc2ccc([C@@H](O)CO)nc2)ccc(F)c1F. The summed E-state index contributed by atoms with van der Waals surface area (Å²) in [5.41, 5.74) is 0.300. The van der Waals surface area contributed by atoms with E-state index in [1.165, 1.54) is 31.5 Å². The average molecular weight is 422 g/mol. The fraction of sp³-hybridized carbons (Fsp3) is 0.429. The molecule has 1 aliphatic rings. The number of hydrogen-bond donors (Lipinski definition) is 3. The van der Waals surface area contributed by atoms with Crippen molar-refractivity contribution in [3.8, 4) is 5.75 Å². The molecule has 1 saturated heterocycles. The lowest BCUT2D eigenvalue weighted by Crippen LogP contribution is -2.33. The molecule has 1 amide bonds. The van der Waals surface area contributed by atoms with Gasteiger partial charge in [0.2, 0.25) is 5.82 Å². The maximum atomic E-state index is 14.2. The summed E-state index contributed by atoms with van der Waals surface area (Å²) < 4.78 is 38.9. The molecule has 0 bridgehead atoms. The van der Waals surface area contributed by atoms with Crippen molar-refractivity contribution in [1.29, 1.82) is 0 Å². The van der Waals surface area contributed by atoms with Crippen molar-refractivity contribution in [1.82, 2.24) is 4.98 Å². The first-order valence-electron chi connectivity index (χ1n) is 9.42. The smallest absolute Gasteiger partial charge is 0.254 e. The second-order valence-electron chi connectivity index (χ2n) is 7.75. The van der Waals surface area contributed by atoms with E-state index in [0.29, 0.717) is 17.7 Å². The number of methoxy groups -OCH3 is 1. The number of benzene rings is 1. The van der Waals surface area contributed by atoms with Crippen molar-refractivity contribution in [3.63, 3.8) is 0 Å². The number of amides is 1. The summed E-state index contributed by atoms with van der Waals surface area (Å²) in [5, 5.41) is 21.3. The van der Waals surface area contributed by atoms with E-state index in [2.05, 4.69) is 10.3 Å². The van der Waals surface area contributed by atoms with E-state index in [0.717, 1.165) is 6.07 Å². The van der Waals surface area contributed by atoms with Crippen LogP contribution in [0.1, 0.15) is 43.5 Å². The summed E-state index contributed by atoms with van der Waals surface area (Å²) in [7, 11) is 1.24. The Bertz CT molecular complexity index is 920. The molecule has 0 aliphatic carbocycles. The summed E-state index contributed by atoms with van der Waals surface area (Å²) >= 11 is 0. The molecule has 3 atom stereocenters. The van der Waals surface area contributed by atoms with Crippen LogP contribution in [-0.2, 0) is 9.53 Å². The van der Waals surface area contributed by atoms with E-state index in [1.807, 2.05) is 13.8 Å². The number of anilines is 1. The first-order chi connectivity index (χ1) is 14.2. The molecule has 1 aliphatic heterocycles. The highest BCUT2D eigenvalue weighted by Gasteiger charge is 2.46.